The normalized spacial score (nSPS) is 10.5. The van der Waals surface area contributed by atoms with E-state index in [4.69, 9.17) is 9.47 Å². The molecule has 1 heterocycles. The number of fused-ring (bicyclic) bond motifs is 1. The summed E-state index contributed by atoms with van der Waals surface area (Å²) in [6, 6.07) is 15.6. The highest BCUT2D eigenvalue weighted by molar-refractivity contribution is 9.10. The number of benzene rings is 3. The van der Waals surface area contributed by atoms with Crippen LogP contribution >= 0.6 is 15.9 Å². The summed E-state index contributed by atoms with van der Waals surface area (Å²) in [5.74, 6) is 0.891. The molecule has 4 rings (SSSR count). The highest BCUT2D eigenvalue weighted by atomic mass is 79.9. The second-order valence-electron chi connectivity index (χ2n) is 6.72. The van der Waals surface area contributed by atoms with Gasteiger partial charge in [-0.15, -0.1) is 0 Å². The van der Waals surface area contributed by atoms with Crippen molar-refractivity contribution < 1.29 is 26.3 Å². The van der Waals surface area contributed by atoms with Gasteiger partial charge in [-0.1, -0.05) is 12.1 Å². The van der Waals surface area contributed by atoms with E-state index in [0.29, 0.717) is 24.7 Å². The molecule has 1 aromatic heterocycles. The van der Waals surface area contributed by atoms with Crippen molar-refractivity contribution in [2.45, 2.75) is 13.2 Å². The van der Waals surface area contributed by atoms with Gasteiger partial charge in [-0.3, -0.25) is 0 Å². The number of ether oxygens (including phenoxy) is 2. The fraction of sp³-hybridized carbons (Fsp3) is 0.136. The molecule has 0 fully saturated rings. The molecule has 3 aromatic carbocycles. The van der Waals surface area contributed by atoms with Gasteiger partial charge in [0.2, 0.25) is 0 Å². The van der Waals surface area contributed by atoms with E-state index >= 15 is 0 Å². The van der Waals surface area contributed by atoms with Crippen molar-refractivity contribution in [3.63, 3.8) is 0 Å². The molecule has 0 amide bonds. The molecular weight excluding hydrogens is 489 g/mol. The molecule has 0 radical (unpaired) electrons. The molecule has 0 aliphatic rings. The summed E-state index contributed by atoms with van der Waals surface area (Å²) >= 11 is 3.55. The number of imidazole rings is 1. The summed E-state index contributed by atoms with van der Waals surface area (Å²) in [4.78, 5) is 16.9. The Morgan fingerprint density at radius 1 is 1.00 bits per heavy atom. The van der Waals surface area contributed by atoms with Gasteiger partial charge >= 0.3 is 5.69 Å². The zero-order chi connectivity index (χ0) is 21.1. The Labute approximate surface area is 192 Å². The first-order chi connectivity index (χ1) is 14.5. The Kier molecular flexibility index (Phi) is 7.25. The Bertz CT molecular complexity index is 1240. The second kappa shape index (κ2) is 9.89. The third-order valence-electron chi connectivity index (χ3n) is 4.60. The van der Waals surface area contributed by atoms with Gasteiger partial charge in [0.1, 0.15) is 12.4 Å². The molecular formula is C22H19BrClFN3O3-. The van der Waals surface area contributed by atoms with Crippen LogP contribution < -0.4 is 32.9 Å². The first-order valence-corrected chi connectivity index (χ1v) is 10.0. The minimum Gasteiger partial charge on any atom is -1.00 e. The first-order valence-electron chi connectivity index (χ1n) is 9.21. The Morgan fingerprint density at radius 3 is 2.48 bits per heavy atom. The fourth-order valence-corrected chi connectivity index (χ4v) is 3.70. The van der Waals surface area contributed by atoms with Crippen molar-refractivity contribution in [2.75, 3.05) is 12.4 Å². The molecule has 0 saturated heterocycles. The summed E-state index contributed by atoms with van der Waals surface area (Å²) in [5.41, 5.74) is 3.99. The molecule has 0 atom stereocenters. The largest absolute Gasteiger partial charge is 1.00 e. The zero-order valence-electron chi connectivity index (χ0n) is 16.5. The fourth-order valence-electron chi connectivity index (χ4n) is 3.10. The lowest BCUT2D eigenvalue weighted by atomic mass is 10.2. The first kappa shape index (κ1) is 22.7. The lowest BCUT2D eigenvalue weighted by Gasteiger charge is -2.15. The van der Waals surface area contributed by atoms with Crippen molar-refractivity contribution >= 4 is 32.7 Å². The molecule has 6 nitrogen and oxygen atoms in total. The molecule has 0 unspecified atom stereocenters. The topological polar surface area (TPSA) is 79.1 Å². The Balaban J connectivity index is 0.00000272. The van der Waals surface area contributed by atoms with Crippen LogP contribution in [0.15, 0.2) is 63.9 Å². The van der Waals surface area contributed by atoms with Crippen molar-refractivity contribution in [3.8, 4) is 11.5 Å². The van der Waals surface area contributed by atoms with Crippen LogP contribution in [0, 0.1) is 5.82 Å². The van der Waals surface area contributed by atoms with Gasteiger partial charge in [0.25, 0.3) is 0 Å². The SMILES string of the molecule is COc1cc(CNc2ccc3[nH]c(=O)[nH]c3c2)cc(Br)c1OCc1ccc(F)cc1.[Cl-]. The van der Waals surface area contributed by atoms with Crippen LogP contribution in [0.4, 0.5) is 10.1 Å². The van der Waals surface area contributed by atoms with Gasteiger partial charge in [0.15, 0.2) is 11.5 Å². The molecule has 9 heteroatoms. The standard InChI is InChI=1S/C22H19BrFN3O3.ClH/c1-29-20-9-14(11-25-16-6-7-18-19(10-16)27-22(28)26-18)8-17(23)21(20)30-12-13-2-4-15(24)5-3-13;/h2-10,25H,11-12H2,1H3,(H2,26,27,28);1H/p-1. The second-order valence-corrected chi connectivity index (χ2v) is 7.57. The van der Waals surface area contributed by atoms with Crippen LogP contribution in [-0.2, 0) is 13.2 Å². The van der Waals surface area contributed by atoms with Gasteiger partial charge in [-0.2, -0.15) is 0 Å². The third-order valence-corrected chi connectivity index (χ3v) is 5.19. The van der Waals surface area contributed by atoms with Crippen LogP contribution in [0.2, 0.25) is 0 Å². The quantitative estimate of drug-likeness (QED) is 0.357. The smallest absolute Gasteiger partial charge is 0.323 e. The lowest BCUT2D eigenvalue weighted by molar-refractivity contribution is -0.00000722. The molecule has 0 bridgehead atoms. The van der Waals surface area contributed by atoms with Crippen molar-refractivity contribution in [3.05, 3.63) is 86.5 Å². The van der Waals surface area contributed by atoms with Crippen molar-refractivity contribution in [1.82, 2.24) is 9.97 Å². The van der Waals surface area contributed by atoms with E-state index < -0.39 is 0 Å². The van der Waals surface area contributed by atoms with E-state index in [9.17, 15) is 9.18 Å². The zero-order valence-corrected chi connectivity index (χ0v) is 18.8. The van der Waals surface area contributed by atoms with Gasteiger partial charge < -0.3 is 37.2 Å². The summed E-state index contributed by atoms with van der Waals surface area (Å²) in [5, 5.41) is 3.33. The van der Waals surface area contributed by atoms with E-state index in [-0.39, 0.29) is 23.9 Å². The molecule has 4 aromatic rings. The Hall–Kier alpha value is -2.97. The van der Waals surface area contributed by atoms with Gasteiger partial charge in [0.05, 0.1) is 22.6 Å². The number of nitrogens with one attached hydrogen (secondary N) is 3. The van der Waals surface area contributed by atoms with Crippen LogP contribution in [0.5, 0.6) is 11.5 Å². The molecule has 3 N–H and O–H groups in total. The summed E-state index contributed by atoms with van der Waals surface area (Å²) < 4.78 is 25.2. The van der Waals surface area contributed by atoms with E-state index in [1.807, 2.05) is 30.3 Å². The summed E-state index contributed by atoms with van der Waals surface area (Å²) in [7, 11) is 1.58. The van der Waals surface area contributed by atoms with E-state index in [1.54, 1.807) is 19.2 Å². The minimum absolute atomic E-state index is 0. The Morgan fingerprint density at radius 2 is 1.74 bits per heavy atom. The number of aromatic nitrogens is 2. The molecule has 0 aliphatic carbocycles. The highest BCUT2D eigenvalue weighted by Gasteiger charge is 2.12. The number of hydrogen-bond donors (Lipinski definition) is 3. The minimum atomic E-state index is -0.281. The summed E-state index contributed by atoms with van der Waals surface area (Å²) in [6.45, 7) is 0.842. The van der Waals surface area contributed by atoms with Gasteiger partial charge in [-0.25, -0.2) is 9.18 Å². The highest BCUT2D eigenvalue weighted by Crippen LogP contribution is 2.37. The predicted octanol–water partition coefficient (Wildman–Crippen LogP) is 1.96. The average Bonchev–Trinajstić information content (AvgIpc) is 3.11. The number of hydrogen-bond acceptors (Lipinski definition) is 4. The van der Waals surface area contributed by atoms with Gasteiger partial charge in [0, 0.05) is 12.2 Å². The number of rotatable bonds is 7. The molecule has 31 heavy (non-hydrogen) atoms. The number of aromatic amines is 2. The number of halogens is 3. The van der Waals surface area contributed by atoms with Crippen LogP contribution in [0.3, 0.4) is 0 Å². The van der Waals surface area contributed by atoms with E-state index in [0.717, 1.165) is 32.3 Å². The number of methoxy groups -OCH3 is 1. The molecule has 162 valence electrons. The predicted molar refractivity (Wildman–Crippen MR) is 118 cm³/mol. The van der Waals surface area contributed by atoms with Gasteiger partial charge in [-0.05, 0) is 69.5 Å². The molecule has 0 saturated carbocycles. The lowest BCUT2D eigenvalue weighted by Crippen LogP contribution is -3.00. The molecule has 0 spiro atoms. The maximum absolute atomic E-state index is 13.1. The maximum Gasteiger partial charge on any atom is 0.323 e. The van der Waals surface area contributed by atoms with E-state index in [1.165, 1.54) is 12.1 Å². The van der Waals surface area contributed by atoms with Crippen LogP contribution in [0.1, 0.15) is 11.1 Å². The van der Waals surface area contributed by atoms with E-state index in [2.05, 4.69) is 31.2 Å². The number of H-pyrrole nitrogens is 2. The van der Waals surface area contributed by atoms with Crippen LogP contribution in [-0.4, -0.2) is 17.1 Å². The average molecular weight is 508 g/mol. The third kappa shape index (κ3) is 5.39. The van der Waals surface area contributed by atoms with Crippen molar-refractivity contribution in [2.24, 2.45) is 0 Å². The monoisotopic (exact) mass is 506 g/mol. The maximum atomic E-state index is 13.1. The number of anilines is 1. The molecule has 0 aliphatic heterocycles. The summed E-state index contributed by atoms with van der Waals surface area (Å²) in [6.07, 6.45) is 0. The van der Waals surface area contributed by atoms with Crippen molar-refractivity contribution in [1.29, 1.82) is 0 Å². The van der Waals surface area contributed by atoms with Crippen LogP contribution in [0.25, 0.3) is 11.0 Å².